The molecule has 3 rings (SSSR count). The van der Waals surface area contributed by atoms with Gasteiger partial charge < -0.3 is 4.74 Å². The van der Waals surface area contributed by atoms with Gasteiger partial charge in [0.1, 0.15) is 5.75 Å². The van der Waals surface area contributed by atoms with Gasteiger partial charge in [-0.15, -0.1) is 0 Å². The van der Waals surface area contributed by atoms with E-state index in [0.717, 1.165) is 28.2 Å². The van der Waals surface area contributed by atoms with Gasteiger partial charge in [-0.3, -0.25) is 19.3 Å². The number of hydrogen-bond acceptors (Lipinski definition) is 5. The van der Waals surface area contributed by atoms with E-state index in [-0.39, 0.29) is 11.6 Å². The Morgan fingerprint density at radius 2 is 1.84 bits per heavy atom. The van der Waals surface area contributed by atoms with Crippen molar-refractivity contribution in [3.8, 4) is 5.75 Å². The number of Topliss-reactive ketones (excluding diaryl/α,β-unsaturated/α-hetero) is 1. The highest BCUT2D eigenvalue weighted by molar-refractivity contribution is 6.45. The fourth-order valence-corrected chi connectivity index (χ4v) is 3.41. The highest BCUT2D eigenvalue weighted by Crippen LogP contribution is 2.28. The van der Waals surface area contributed by atoms with Gasteiger partial charge in [0.05, 0.1) is 19.2 Å². The van der Waals surface area contributed by atoms with Crippen molar-refractivity contribution < 1.29 is 23.9 Å². The van der Waals surface area contributed by atoms with Gasteiger partial charge in [0.15, 0.2) is 5.78 Å². The second-order valence-electron chi connectivity index (χ2n) is 6.41. The number of imide groups is 2. The highest BCUT2D eigenvalue weighted by atomic mass is 16.5. The molecule has 25 heavy (non-hydrogen) atoms. The van der Waals surface area contributed by atoms with Crippen molar-refractivity contribution >= 4 is 23.6 Å². The minimum absolute atomic E-state index is 0.238. The largest absolute Gasteiger partial charge is 0.496 e. The van der Waals surface area contributed by atoms with Gasteiger partial charge in [0, 0.05) is 6.04 Å². The SMILES string of the molecule is COc1ccc(C)cc1C(=O)CN1C(=O)C(=O)N(C2CCCC2)C1=O. The lowest BCUT2D eigenvalue weighted by Gasteiger charge is -2.21. The standard InChI is InChI=1S/C18H20N2O5/c1-11-7-8-15(25-2)13(9-11)14(21)10-19-16(22)17(23)20(18(19)24)12-5-3-4-6-12/h7-9,12H,3-6,10H2,1-2H3. The zero-order chi connectivity index (χ0) is 18.1. The molecule has 2 fully saturated rings. The zero-order valence-corrected chi connectivity index (χ0v) is 14.3. The van der Waals surface area contributed by atoms with Crippen molar-refractivity contribution in [2.45, 2.75) is 38.6 Å². The van der Waals surface area contributed by atoms with Gasteiger partial charge in [0.2, 0.25) is 0 Å². The predicted molar refractivity (Wildman–Crippen MR) is 88.3 cm³/mol. The second kappa shape index (κ2) is 6.66. The maximum Gasteiger partial charge on any atom is 0.334 e. The molecular weight excluding hydrogens is 324 g/mol. The number of urea groups is 1. The van der Waals surface area contributed by atoms with E-state index in [0.29, 0.717) is 18.6 Å². The Morgan fingerprint density at radius 1 is 1.16 bits per heavy atom. The van der Waals surface area contributed by atoms with Crippen LogP contribution in [0.1, 0.15) is 41.6 Å². The molecule has 1 saturated heterocycles. The lowest BCUT2D eigenvalue weighted by molar-refractivity contribution is -0.143. The third-order valence-electron chi connectivity index (χ3n) is 4.73. The molecule has 0 aromatic heterocycles. The number of hydrogen-bond donors (Lipinski definition) is 0. The van der Waals surface area contributed by atoms with Crippen molar-refractivity contribution in [2.24, 2.45) is 0 Å². The Hall–Kier alpha value is -2.70. The summed E-state index contributed by atoms with van der Waals surface area (Å²) in [7, 11) is 1.44. The molecule has 132 valence electrons. The summed E-state index contributed by atoms with van der Waals surface area (Å²) in [5.74, 6) is -1.84. The van der Waals surface area contributed by atoms with Gasteiger partial charge in [-0.25, -0.2) is 9.69 Å². The summed E-state index contributed by atoms with van der Waals surface area (Å²) in [6.45, 7) is 1.36. The number of carbonyl (C=O) groups excluding carboxylic acids is 4. The lowest BCUT2D eigenvalue weighted by atomic mass is 10.1. The molecule has 0 spiro atoms. The molecule has 0 unspecified atom stereocenters. The fraction of sp³-hybridized carbons (Fsp3) is 0.444. The molecule has 7 heteroatoms. The highest BCUT2D eigenvalue weighted by Gasteiger charge is 2.48. The van der Waals surface area contributed by atoms with Crippen molar-refractivity contribution in [2.75, 3.05) is 13.7 Å². The molecule has 7 nitrogen and oxygen atoms in total. The smallest absolute Gasteiger partial charge is 0.334 e. The molecule has 0 radical (unpaired) electrons. The molecule has 1 aromatic carbocycles. The molecular formula is C18H20N2O5. The molecule has 0 N–H and O–H groups in total. The van der Waals surface area contributed by atoms with Crippen LogP contribution in [0, 0.1) is 6.92 Å². The number of amides is 4. The predicted octanol–water partition coefficient (Wildman–Crippen LogP) is 1.92. The number of methoxy groups -OCH3 is 1. The molecule has 1 aromatic rings. The molecule has 4 amide bonds. The first kappa shape index (κ1) is 17.1. The van der Waals surface area contributed by atoms with E-state index in [4.69, 9.17) is 4.74 Å². The van der Waals surface area contributed by atoms with E-state index >= 15 is 0 Å². The van der Waals surface area contributed by atoms with E-state index in [1.54, 1.807) is 18.2 Å². The van der Waals surface area contributed by atoms with Crippen LogP contribution in [-0.2, 0) is 9.59 Å². The Bertz CT molecular complexity index is 752. The number of nitrogens with zero attached hydrogens (tertiary/aromatic N) is 2. The summed E-state index contributed by atoms with van der Waals surface area (Å²) in [6, 6.07) is 4.17. The van der Waals surface area contributed by atoms with Crippen LogP contribution in [0.5, 0.6) is 5.75 Å². The second-order valence-corrected chi connectivity index (χ2v) is 6.41. The summed E-state index contributed by atoms with van der Waals surface area (Å²) >= 11 is 0. The van der Waals surface area contributed by atoms with E-state index in [1.165, 1.54) is 7.11 Å². The van der Waals surface area contributed by atoms with Crippen molar-refractivity contribution in [3.05, 3.63) is 29.3 Å². The topological polar surface area (TPSA) is 84.0 Å². The summed E-state index contributed by atoms with van der Waals surface area (Å²) in [4.78, 5) is 51.3. The average Bonchev–Trinajstić information content (AvgIpc) is 3.18. The zero-order valence-electron chi connectivity index (χ0n) is 14.3. The molecule has 1 heterocycles. The van der Waals surface area contributed by atoms with Crippen molar-refractivity contribution in [3.63, 3.8) is 0 Å². The van der Waals surface area contributed by atoms with Crippen LogP contribution < -0.4 is 4.74 Å². The van der Waals surface area contributed by atoms with Crippen LogP contribution in [-0.4, -0.2) is 53.1 Å². The molecule has 1 saturated carbocycles. The van der Waals surface area contributed by atoms with Crippen molar-refractivity contribution in [1.82, 2.24) is 9.80 Å². The van der Waals surface area contributed by atoms with E-state index < -0.39 is 30.2 Å². The maximum atomic E-state index is 12.6. The summed E-state index contributed by atoms with van der Waals surface area (Å²) in [6.07, 6.45) is 3.27. The minimum atomic E-state index is -0.933. The van der Waals surface area contributed by atoms with Gasteiger partial charge in [0.25, 0.3) is 0 Å². The first-order chi connectivity index (χ1) is 11.9. The Kier molecular flexibility index (Phi) is 4.57. The van der Waals surface area contributed by atoms with Gasteiger partial charge in [-0.05, 0) is 31.9 Å². The summed E-state index contributed by atoms with van der Waals surface area (Å²) in [5.41, 5.74) is 1.14. The molecule has 1 aliphatic carbocycles. The van der Waals surface area contributed by atoms with Gasteiger partial charge >= 0.3 is 17.8 Å². The lowest BCUT2D eigenvalue weighted by Crippen LogP contribution is -2.41. The monoisotopic (exact) mass is 344 g/mol. The van der Waals surface area contributed by atoms with Crippen LogP contribution in [0.4, 0.5) is 4.79 Å². The molecule has 0 bridgehead atoms. The van der Waals surface area contributed by atoms with Crippen LogP contribution in [0.2, 0.25) is 0 Å². The van der Waals surface area contributed by atoms with E-state index in [1.807, 2.05) is 6.92 Å². The molecule has 2 aliphatic rings. The quantitative estimate of drug-likeness (QED) is 0.463. The van der Waals surface area contributed by atoms with Crippen LogP contribution in [0.25, 0.3) is 0 Å². The average molecular weight is 344 g/mol. The minimum Gasteiger partial charge on any atom is -0.496 e. The number of rotatable bonds is 5. The fourth-order valence-electron chi connectivity index (χ4n) is 3.41. The third-order valence-corrected chi connectivity index (χ3v) is 4.73. The third kappa shape index (κ3) is 3.01. The van der Waals surface area contributed by atoms with Gasteiger partial charge in [-0.1, -0.05) is 24.5 Å². The normalized spacial score (nSPS) is 18.4. The van der Waals surface area contributed by atoms with Gasteiger partial charge in [-0.2, -0.15) is 0 Å². The van der Waals surface area contributed by atoms with E-state index in [2.05, 4.69) is 0 Å². The Morgan fingerprint density at radius 3 is 2.48 bits per heavy atom. The van der Waals surface area contributed by atoms with Crippen LogP contribution in [0.15, 0.2) is 18.2 Å². The number of ketones is 1. The van der Waals surface area contributed by atoms with Crippen molar-refractivity contribution in [1.29, 1.82) is 0 Å². The molecule has 0 atom stereocenters. The molecule has 1 aliphatic heterocycles. The summed E-state index contributed by atoms with van der Waals surface area (Å²) in [5, 5.41) is 0. The first-order valence-corrected chi connectivity index (χ1v) is 8.31. The first-order valence-electron chi connectivity index (χ1n) is 8.31. The van der Waals surface area contributed by atoms with E-state index in [9.17, 15) is 19.2 Å². The summed E-state index contributed by atoms with van der Waals surface area (Å²) < 4.78 is 5.18. The Labute approximate surface area is 145 Å². The number of ether oxygens (including phenoxy) is 1. The Balaban J connectivity index is 1.81. The number of benzene rings is 1. The van der Waals surface area contributed by atoms with Crippen LogP contribution in [0.3, 0.4) is 0 Å². The van der Waals surface area contributed by atoms with Crippen LogP contribution >= 0.6 is 0 Å². The maximum absolute atomic E-state index is 12.6. The number of carbonyl (C=O) groups is 4. The number of aryl methyl sites for hydroxylation is 1.